The van der Waals surface area contributed by atoms with Crippen LogP contribution < -0.4 is 26.2 Å². The van der Waals surface area contributed by atoms with Crippen molar-refractivity contribution in [3.63, 3.8) is 0 Å². The monoisotopic (exact) mass is 600 g/mol. The van der Waals surface area contributed by atoms with Crippen LogP contribution in [0.5, 0.6) is 5.75 Å². The number of carbonyl (C=O) groups excluding carboxylic acids is 3. The number of halogens is 3. The Kier molecular flexibility index (Phi) is 10.4. The first kappa shape index (κ1) is 32.4. The zero-order chi connectivity index (χ0) is 31.9. The van der Waals surface area contributed by atoms with Crippen molar-refractivity contribution in [3.05, 3.63) is 111 Å². The van der Waals surface area contributed by atoms with E-state index in [9.17, 15) is 32.3 Å². The van der Waals surface area contributed by atoms with Gasteiger partial charge in [0.25, 0.3) is 11.8 Å². The third kappa shape index (κ3) is 8.71. The minimum absolute atomic E-state index is 0.211. The van der Waals surface area contributed by atoms with Crippen LogP contribution in [-0.4, -0.2) is 34.2 Å². The summed E-state index contributed by atoms with van der Waals surface area (Å²) in [5, 5.41) is 4.78. The highest BCUT2D eigenvalue weighted by molar-refractivity contribution is 5.99. The highest BCUT2D eigenvalue weighted by Gasteiger charge is 2.28. The van der Waals surface area contributed by atoms with E-state index >= 15 is 0 Å². The lowest BCUT2D eigenvalue weighted by Crippen LogP contribution is -2.41. The van der Waals surface area contributed by atoms with Crippen molar-refractivity contribution in [1.29, 1.82) is 0 Å². The van der Waals surface area contributed by atoms with Gasteiger partial charge in [-0.05, 0) is 33.3 Å². The van der Waals surface area contributed by atoms with Crippen molar-refractivity contribution in [3.8, 4) is 5.75 Å². The number of nitrogens with zero attached hydrogens (tertiary/aromatic N) is 1. The lowest BCUT2D eigenvalue weighted by atomic mass is 10.1. The van der Waals surface area contributed by atoms with E-state index in [1.807, 2.05) is 0 Å². The van der Waals surface area contributed by atoms with E-state index < -0.39 is 81.5 Å². The molecule has 0 saturated heterocycles. The minimum Gasteiger partial charge on any atom is -0.482 e. The summed E-state index contributed by atoms with van der Waals surface area (Å²) in [5.74, 6) is -6.27. The molecule has 3 rings (SSSR count). The molecule has 0 fully saturated rings. The van der Waals surface area contributed by atoms with Crippen molar-refractivity contribution in [2.75, 3.05) is 5.43 Å². The zero-order valence-corrected chi connectivity index (χ0v) is 23.9. The Morgan fingerprint density at radius 2 is 1.67 bits per heavy atom. The fraction of sp³-hybridized carbons (Fsp3) is 0.267. The van der Waals surface area contributed by atoms with E-state index in [0.717, 1.165) is 10.9 Å². The summed E-state index contributed by atoms with van der Waals surface area (Å²) >= 11 is 0. The van der Waals surface area contributed by atoms with Gasteiger partial charge in [-0.1, -0.05) is 36.4 Å². The van der Waals surface area contributed by atoms with Gasteiger partial charge in [0, 0.05) is 36.5 Å². The van der Waals surface area contributed by atoms with Crippen LogP contribution in [0.15, 0.2) is 66.1 Å². The number of nitrogens with one attached hydrogen (secondary N) is 3. The molecule has 0 aliphatic carbocycles. The van der Waals surface area contributed by atoms with Gasteiger partial charge in [-0.3, -0.25) is 14.4 Å². The number of amides is 3. The second kappa shape index (κ2) is 13.7. The first-order valence-electron chi connectivity index (χ1n) is 13.0. The highest BCUT2D eigenvalue weighted by atomic mass is 19.1. The molecule has 3 aromatic rings. The van der Waals surface area contributed by atoms with E-state index in [0.29, 0.717) is 17.7 Å². The number of ether oxygens (including phenoxy) is 2. The van der Waals surface area contributed by atoms with Crippen molar-refractivity contribution < 1.29 is 37.0 Å². The molecule has 1 aromatic heterocycles. The lowest BCUT2D eigenvalue weighted by molar-refractivity contribution is 0.0611. The van der Waals surface area contributed by atoms with Crippen LogP contribution in [0, 0.1) is 17.5 Å². The molecule has 228 valence electrons. The van der Waals surface area contributed by atoms with Crippen LogP contribution in [0.4, 0.5) is 18.0 Å². The Morgan fingerprint density at radius 3 is 2.26 bits per heavy atom. The molecule has 43 heavy (non-hydrogen) atoms. The van der Waals surface area contributed by atoms with Crippen LogP contribution in [-0.2, 0) is 17.9 Å². The molecular formula is C30H31F3N4O6. The summed E-state index contributed by atoms with van der Waals surface area (Å²) in [6.45, 7) is 9.03. The first-order chi connectivity index (χ1) is 20.2. The quantitative estimate of drug-likeness (QED) is 0.293. The van der Waals surface area contributed by atoms with Gasteiger partial charge in [0.2, 0.25) is 5.43 Å². The number of hydrogen-bond donors (Lipinski definition) is 3. The van der Waals surface area contributed by atoms with Crippen molar-refractivity contribution in [1.82, 2.24) is 15.3 Å². The molecule has 0 aliphatic rings. The smallest absolute Gasteiger partial charge is 0.426 e. The summed E-state index contributed by atoms with van der Waals surface area (Å²) in [6.07, 6.45) is 1.22. The summed E-state index contributed by atoms with van der Waals surface area (Å²) in [7, 11) is 0. The zero-order valence-electron chi connectivity index (χ0n) is 23.9. The third-order valence-corrected chi connectivity index (χ3v) is 5.71. The Morgan fingerprint density at radius 1 is 1.05 bits per heavy atom. The standard InChI is InChI=1S/C30H31F3N4O6/c1-6-17(2)35-28(40)24-26(42-16-18-10-8-7-9-11-18)25(38)21(15-37(24)36-29(41)43-30(3,4)5)27(39)34-14-20-22(32)12-19(31)13-23(20)33/h6-13,15,17H,1,14,16H2,2-5H3,(H,34,39)(H,35,40)(H,36,41)/t17-/m0/s1. The van der Waals surface area contributed by atoms with E-state index in [4.69, 9.17) is 9.47 Å². The predicted octanol–water partition coefficient (Wildman–Crippen LogP) is 4.56. The average molecular weight is 601 g/mol. The molecule has 0 bridgehead atoms. The summed E-state index contributed by atoms with van der Waals surface area (Å²) in [5.41, 5.74) is -0.899. The third-order valence-electron chi connectivity index (χ3n) is 5.71. The number of rotatable bonds is 10. The predicted molar refractivity (Wildman–Crippen MR) is 152 cm³/mol. The van der Waals surface area contributed by atoms with Crippen LogP contribution in [0.3, 0.4) is 0 Å². The van der Waals surface area contributed by atoms with Gasteiger partial charge in [0.05, 0.1) is 0 Å². The van der Waals surface area contributed by atoms with Crippen molar-refractivity contribution in [2.24, 2.45) is 0 Å². The molecule has 0 spiro atoms. The van der Waals surface area contributed by atoms with Gasteiger partial charge >= 0.3 is 6.09 Å². The Balaban J connectivity index is 2.13. The van der Waals surface area contributed by atoms with Gasteiger partial charge in [0.15, 0.2) is 11.4 Å². The second-order valence-electron chi connectivity index (χ2n) is 10.3. The van der Waals surface area contributed by atoms with Crippen molar-refractivity contribution in [2.45, 2.75) is 52.5 Å². The van der Waals surface area contributed by atoms with E-state index in [-0.39, 0.29) is 6.61 Å². The summed E-state index contributed by atoms with van der Waals surface area (Å²) in [4.78, 5) is 52.9. The molecule has 3 amide bonds. The molecule has 2 aromatic carbocycles. The second-order valence-corrected chi connectivity index (χ2v) is 10.3. The first-order valence-corrected chi connectivity index (χ1v) is 13.0. The molecule has 1 atom stereocenters. The van der Waals surface area contributed by atoms with Gasteiger partial charge in [-0.2, -0.15) is 0 Å². The largest absolute Gasteiger partial charge is 0.482 e. The Bertz CT molecular complexity index is 1560. The van der Waals surface area contributed by atoms with Crippen LogP contribution in [0.1, 0.15) is 59.7 Å². The van der Waals surface area contributed by atoms with Gasteiger partial charge in [-0.15, -0.1) is 6.58 Å². The fourth-order valence-electron chi connectivity index (χ4n) is 3.66. The Hall–Kier alpha value is -5.07. The summed E-state index contributed by atoms with van der Waals surface area (Å²) in [6, 6.07) is 8.89. The number of pyridine rings is 1. The molecular weight excluding hydrogens is 569 g/mol. The molecule has 0 aliphatic heterocycles. The minimum atomic E-state index is -1.25. The maximum Gasteiger partial charge on any atom is 0.426 e. The molecule has 0 radical (unpaired) electrons. The normalized spacial score (nSPS) is 11.7. The number of carbonyl (C=O) groups is 3. The van der Waals surface area contributed by atoms with E-state index in [2.05, 4.69) is 22.6 Å². The molecule has 0 saturated carbocycles. The topological polar surface area (TPSA) is 128 Å². The highest BCUT2D eigenvalue weighted by Crippen LogP contribution is 2.19. The van der Waals surface area contributed by atoms with Gasteiger partial charge in [-0.25, -0.2) is 28.1 Å². The number of aromatic nitrogens is 1. The maximum atomic E-state index is 14.2. The summed E-state index contributed by atoms with van der Waals surface area (Å²) < 4.78 is 53.4. The SMILES string of the molecule is C=C[C@H](C)NC(=O)c1c(OCc2ccccc2)c(=O)c(C(=O)NCc2c(F)cc(F)cc2F)cn1NC(=O)OC(C)(C)C. The number of benzene rings is 2. The van der Waals surface area contributed by atoms with Gasteiger partial charge in [0.1, 0.15) is 35.2 Å². The molecule has 0 unspecified atom stereocenters. The Labute approximate surface area is 245 Å². The van der Waals surface area contributed by atoms with Gasteiger partial charge < -0.3 is 20.1 Å². The van der Waals surface area contributed by atoms with Crippen LogP contribution in [0.2, 0.25) is 0 Å². The van der Waals surface area contributed by atoms with Crippen LogP contribution in [0.25, 0.3) is 0 Å². The molecule has 1 heterocycles. The van der Waals surface area contributed by atoms with E-state index in [1.165, 1.54) is 6.08 Å². The van der Waals surface area contributed by atoms with E-state index in [1.54, 1.807) is 58.0 Å². The number of hydrogen-bond acceptors (Lipinski definition) is 6. The fourth-order valence-corrected chi connectivity index (χ4v) is 3.66. The van der Waals surface area contributed by atoms with Crippen LogP contribution >= 0.6 is 0 Å². The molecule has 3 N–H and O–H groups in total. The molecule has 10 nitrogen and oxygen atoms in total. The average Bonchev–Trinajstić information content (AvgIpc) is 2.91. The maximum absolute atomic E-state index is 14.2. The lowest BCUT2D eigenvalue weighted by Gasteiger charge is -2.23. The molecule has 13 heteroatoms. The van der Waals surface area contributed by atoms with Crippen molar-refractivity contribution >= 4 is 17.9 Å².